The first-order valence-corrected chi connectivity index (χ1v) is 5.54. The Kier molecular flexibility index (Phi) is 8.34. The molecule has 1 N–H and O–H groups in total. The van der Waals surface area contributed by atoms with E-state index in [-0.39, 0.29) is 19.1 Å². The fraction of sp³-hybridized carbons (Fsp3) is 0.800. The van der Waals surface area contributed by atoms with Crippen LogP contribution in [-0.2, 0) is 19.1 Å². The monoisotopic (exact) mass is 258 g/mol. The minimum Gasteiger partial charge on any atom is -0.469 e. The van der Waals surface area contributed by atoms with E-state index in [4.69, 9.17) is 10.3 Å². The summed E-state index contributed by atoms with van der Waals surface area (Å²) in [5.41, 5.74) is 8.25. The van der Waals surface area contributed by atoms with Crippen LogP contribution < -0.4 is 5.32 Å². The normalized spacial score (nSPS) is 13.1. The standard InChI is InChI=1S/C10H18N4O4/c1-4-18-9(15)6-12-7(2)8(5-13-14-11)10(16)17-3/h7-8,12H,4-6H2,1-3H3/t7?,8-/m0/s1. The van der Waals surface area contributed by atoms with Crippen LogP contribution >= 0.6 is 0 Å². The summed E-state index contributed by atoms with van der Waals surface area (Å²) in [7, 11) is 1.25. The second kappa shape index (κ2) is 9.26. The Labute approximate surface area is 105 Å². The van der Waals surface area contributed by atoms with Crippen LogP contribution in [0.25, 0.3) is 10.4 Å². The third-order valence-electron chi connectivity index (χ3n) is 2.32. The van der Waals surface area contributed by atoms with Crippen molar-refractivity contribution in [3.8, 4) is 0 Å². The van der Waals surface area contributed by atoms with Crippen molar-refractivity contribution < 1.29 is 19.1 Å². The molecule has 0 aromatic rings. The van der Waals surface area contributed by atoms with Crippen LogP contribution in [0.5, 0.6) is 0 Å². The SMILES string of the molecule is CCOC(=O)CNC(C)[C@H](CN=[N+]=[N-])C(=O)OC. The molecule has 0 aliphatic carbocycles. The highest BCUT2D eigenvalue weighted by molar-refractivity contribution is 5.74. The lowest BCUT2D eigenvalue weighted by molar-refractivity contribution is -0.147. The zero-order chi connectivity index (χ0) is 14.0. The van der Waals surface area contributed by atoms with Gasteiger partial charge in [0, 0.05) is 17.5 Å². The lowest BCUT2D eigenvalue weighted by atomic mass is 10.0. The predicted molar refractivity (Wildman–Crippen MR) is 63.6 cm³/mol. The van der Waals surface area contributed by atoms with E-state index >= 15 is 0 Å². The maximum absolute atomic E-state index is 11.5. The van der Waals surface area contributed by atoms with Gasteiger partial charge in [-0.15, -0.1) is 0 Å². The van der Waals surface area contributed by atoms with Crippen LogP contribution in [0.3, 0.4) is 0 Å². The second-order valence-electron chi connectivity index (χ2n) is 3.52. The van der Waals surface area contributed by atoms with Crippen molar-refractivity contribution in [3.63, 3.8) is 0 Å². The molecule has 0 saturated carbocycles. The summed E-state index contributed by atoms with van der Waals surface area (Å²) in [6.07, 6.45) is 0. The van der Waals surface area contributed by atoms with E-state index in [0.29, 0.717) is 6.61 Å². The predicted octanol–water partition coefficient (Wildman–Crippen LogP) is 0.627. The molecule has 8 nitrogen and oxygen atoms in total. The summed E-state index contributed by atoms with van der Waals surface area (Å²) in [4.78, 5) is 25.2. The van der Waals surface area contributed by atoms with Gasteiger partial charge in [0.05, 0.1) is 26.2 Å². The van der Waals surface area contributed by atoms with Crippen molar-refractivity contribution in [1.82, 2.24) is 5.32 Å². The molecule has 8 heteroatoms. The zero-order valence-electron chi connectivity index (χ0n) is 10.8. The molecule has 1 unspecified atom stereocenters. The van der Waals surface area contributed by atoms with Crippen molar-refractivity contribution >= 4 is 11.9 Å². The van der Waals surface area contributed by atoms with E-state index in [9.17, 15) is 9.59 Å². The number of hydrogen-bond acceptors (Lipinski definition) is 6. The van der Waals surface area contributed by atoms with Crippen molar-refractivity contribution in [1.29, 1.82) is 0 Å². The summed E-state index contributed by atoms with van der Waals surface area (Å²) in [5, 5.41) is 6.18. The Hall–Kier alpha value is -1.79. The minimum absolute atomic E-state index is 0.0151. The summed E-state index contributed by atoms with van der Waals surface area (Å²) in [6.45, 7) is 3.67. The minimum atomic E-state index is -0.639. The molecule has 0 aliphatic heterocycles. The van der Waals surface area contributed by atoms with E-state index in [1.165, 1.54) is 7.11 Å². The molecule has 0 amide bonds. The van der Waals surface area contributed by atoms with Gasteiger partial charge in [-0.2, -0.15) is 0 Å². The molecule has 2 atom stereocenters. The molecule has 0 saturated heterocycles. The van der Waals surface area contributed by atoms with Gasteiger partial charge in [0.15, 0.2) is 0 Å². The first kappa shape index (κ1) is 16.2. The van der Waals surface area contributed by atoms with Crippen LogP contribution in [0.4, 0.5) is 0 Å². The maximum atomic E-state index is 11.5. The number of carbonyl (C=O) groups excluding carboxylic acids is 2. The fourth-order valence-electron chi connectivity index (χ4n) is 1.31. The average molecular weight is 258 g/mol. The molecule has 0 aromatic carbocycles. The molecule has 0 aliphatic rings. The number of carbonyl (C=O) groups is 2. The van der Waals surface area contributed by atoms with Crippen LogP contribution in [-0.4, -0.2) is 44.8 Å². The van der Waals surface area contributed by atoms with E-state index < -0.39 is 17.9 Å². The number of methoxy groups -OCH3 is 1. The molecule has 0 rings (SSSR count). The number of rotatable bonds is 8. The van der Waals surface area contributed by atoms with Crippen LogP contribution in [0.15, 0.2) is 5.11 Å². The molecule has 0 aromatic heterocycles. The molecule has 0 bridgehead atoms. The van der Waals surface area contributed by atoms with E-state index in [0.717, 1.165) is 0 Å². The van der Waals surface area contributed by atoms with Gasteiger partial charge in [-0.25, -0.2) is 0 Å². The Morgan fingerprint density at radius 3 is 2.67 bits per heavy atom. The van der Waals surface area contributed by atoms with Crippen LogP contribution in [0.2, 0.25) is 0 Å². The lowest BCUT2D eigenvalue weighted by Gasteiger charge is -2.20. The van der Waals surface area contributed by atoms with Gasteiger partial charge < -0.3 is 14.8 Å². The molecule has 102 valence electrons. The first-order chi connectivity index (χ1) is 8.56. The quantitative estimate of drug-likeness (QED) is 0.297. The first-order valence-electron chi connectivity index (χ1n) is 5.54. The zero-order valence-corrected chi connectivity index (χ0v) is 10.8. The average Bonchev–Trinajstić information content (AvgIpc) is 2.36. The van der Waals surface area contributed by atoms with Crippen molar-refractivity contribution in [2.24, 2.45) is 11.0 Å². The van der Waals surface area contributed by atoms with Gasteiger partial charge in [0.1, 0.15) is 0 Å². The Bertz CT molecular complexity index is 328. The van der Waals surface area contributed by atoms with Gasteiger partial charge in [-0.05, 0) is 19.4 Å². The highest BCUT2D eigenvalue weighted by atomic mass is 16.5. The lowest BCUT2D eigenvalue weighted by Crippen LogP contribution is -2.42. The number of nitrogens with one attached hydrogen (secondary N) is 1. The third kappa shape index (κ3) is 6.07. The van der Waals surface area contributed by atoms with Crippen molar-refractivity contribution in [2.45, 2.75) is 19.9 Å². The highest BCUT2D eigenvalue weighted by Crippen LogP contribution is 2.07. The number of esters is 2. The van der Waals surface area contributed by atoms with Gasteiger partial charge in [-0.1, -0.05) is 5.11 Å². The Morgan fingerprint density at radius 2 is 2.17 bits per heavy atom. The molecule has 0 fully saturated rings. The topological polar surface area (TPSA) is 113 Å². The third-order valence-corrected chi connectivity index (χ3v) is 2.32. The number of ether oxygens (including phenoxy) is 2. The summed E-state index contributed by atoms with van der Waals surface area (Å²) in [6, 6.07) is -0.368. The van der Waals surface area contributed by atoms with Gasteiger partial charge >= 0.3 is 11.9 Å². The maximum Gasteiger partial charge on any atom is 0.319 e. The summed E-state index contributed by atoms with van der Waals surface area (Å²) < 4.78 is 9.35. The molecule has 0 heterocycles. The van der Waals surface area contributed by atoms with E-state index in [1.54, 1.807) is 13.8 Å². The fourth-order valence-corrected chi connectivity index (χ4v) is 1.31. The van der Waals surface area contributed by atoms with Gasteiger partial charge in [0.2, 0.25) is 0 Å². The Morgan fingerprint density at radius 1 is 1.50 bits per heavy atom. The largest absolute Gasteiger partial charge is 0.469 e. The van der Waals surface area contributed by atoms with Crippen molar-refractivity contribution in [2.75, 3.05) is 26.8 Å². The number of nitrogens with zero attached hydrogens (tertiary/aromatic N) is 3. The van der Waals surface area contributed by atoms with Crippen molar-refractivity contribution in [3.05, 3.63) is 10.4 Å². The number of hydrogen-bond donors (Lipinski definition) is 1. The van der Waals surface area contributed by atoms with Crippen LogP contribution in [0.1, 0.15) is 13.8 Å². The molecular weight excluding hydrogens is 240 g/mol. The smallest absolute Gasteiger partial charge is 0.319 e. The molecule has 0 radical (unpaired) electrons. The van der Waals surface area contributed by atoms with E-state index in [2.05, 4.69) is 20.1 Å². The highest BCUT2D eigenvalue weighted by Gasteiger charge is 2.25. The van der Waals surface area contributed by atoms with Gasteiger partial charge in [-0.3, -0.25) is 9.59 Å². The molecular formula is C10H18N4O4. The van der Waals surface area contributed by atoms with E-state index in [1.807, 2.05) is 0 Å². The Balaban J connectivity index is 4.36. The molecule has 18 heavy (non-hydrogen) atoms. The van der Waals surface area contributed by atoms with Crippen LogP contribution in [0, 0.1) is 5.92 Å². The molecule has 0 spiro atoms. The summed E-state index contributed by atoms with van der Waals surface area (Å²) in [5.74, 6) is -1.54. The second-order valence-corrected chi connectivity index (χ2v) is 3.52. The number of azide groups is 1. The van der Waals surface area contributed by atoms with Gasteiger partial charge in [0.25, 0.3) is 0 Å². The summed E-state index contributed by atoms with van der Waals surface area (Å²) >= 11 is 0.